The molecule has 1 aromatic heterocycles. The molecule has 162 valence electrons. The first-order valence-electron chi connectivity index (χ1n) is 9.45. The number of halogens is 1. The van der Waals surface area contributed by atoms with Gasteiger partial charge in [-0.3, -0.25) is 14.3 Å². The second kappa shape index (κ2) is 8.27. The molecule has 2 N–H and O–H groups in total. The molecule has 9 nitrogen and oxygen atoms in total. The zero-order valence-electron chi connectivity index (χ0n) is 17.0. The van der Waals surface area contributed by atoms with Gasteiger partial charge in [-0.15, -0.1) is 0 Å². The summed E-state index contributed by atoms with van der Waals surface area (Å²) in [6.07, 6.45) is 1.51. The second-order valence-electron chi connectivity index (χ2n) is 7.41. The summed E-state index contributed by atoms with van der Waals surface area (Å²) in [7, 11) is -4.24. The predicted octanol–water partition coefficient (Wildman–Crippen LogP) is 2.73. The number of benzene rings is 1. The third-order valence-corrected chi connectivity index (χ3v) is 6.30. The molecular formula is C19H23ClN4O5S. The number of fused-ring (bicyclic) bond motifs is 1. The Bertz CT molecular complexity index is 1110. The fourth-order valence-electron chi connectivity index (χ4n) is 3.11. The molecule has 11 heteroatoms. The van der Waals surface area contributed by atoms with Crippen LogP contribution in [0, 0.1) is 12.8 Å². The lowest BCUT2D eigenvalue weighted by atomic mass is 10.0. The smallest absolute Gasteiger partial charge is 0.287 e. The lowest BCUT2D eigenvalue weighted by Gasteiger charge is -2.29. The van der Waals surface area contributed by atoms with Crippen LogP contribution >= 0.6 is 11.6 Å². The van der Waals surface area contributed by atoms with E-state index in [0.29, 0.717) is 17.8 Å². The van der Waals surface area contributed by atoms with E-state index in [9.17, 15) is 18.0 Å². The van der Waals surface area contributed by atoms with Crippen LogP contribution in [-0.2, 0) is 21.4 Å². The molecule has 0 saturated carbocycles. The molecule has 1 aliphatic heterocycles. The van der Waals surface area contributed by atoms with Gasteiger partial charge in [-0.05, 0) is 30.9 Å². The lowest BCUT2D eigenvalue weighted by molar-refractivity contribution is -0.125. The standard InChI is InChI=1S/C19H23ClN4O5S/c1-5-6-24-9-12(20)16(22-24)18(25)23-30(27,28)15-8-14-13(7-11(15)4)21-19(26)17(29-14)10(2)3/h7-10,17H,5-6H2,1-4H3,(H,21,26)(H,23,25)/t17-/m1/s1. The summed E-state index contributed by atoms with van der Waals surface area (Å²) in [5.74, 6) is -1.11. The maximum atomic E-state index is 12.9. The molecule has 0 saturated heterocycles. The fraction of sp³-hybridized carbons (Fsp3) is 0.421. The number of aromatic nitrogens is 2. The topological polar surface area (TPSA) is 119 Å². The van der Waals surface area contributed by atoms with Gasteiger partial charge in [0.15, 0.2) is 11.8 Å². The SMILES string of the molecule is CCCn1cc(Cl)c(C(=O)NS(=O)(=O)c2cc3c(cc2C)NC(=O)[C@@H](C(C)C)O3)n1. The number of ether oxygens (including phenoxy) is 1. The molecule has 3 rings (SSSR count). The fourth-order valence-corrected chi connectivity index (χ4v) is 4.54. The van der Waals surface area contributed by atoms with E-state index in [0.717, 1.165) is 6.42 Å². The average Bonchev–Trinajstić information content (AvgIpc) is 3.00. The molecule has 2 amide bonds. The van der Waals surface area contributed by atoms with Gasteiger partial charge in [0.05, 0.1) is 15.6 Å². The number of nitrogens with zero attached hydrogens (tertiary/aromatic N) is 2. The number of sulfonamides is 1. The molecular weight excluding hydrogens is 432 g/mol. The van der Waals surface area contributed by atoms with Crippen LogP contribution in [0.3, 0.4) is 0 Å². The largest absolute Gasteiger partial charge is 0.478 e. The number of rotatable bonds is 6. The first-order valence-corrected chi connectivity index (χ1v) is 11.3. The zero-order chi connectivity index (χ0) is 22.2. The summed E-state index contributed by atoms with van der Waals surface area (Å²) >= 11 is 6.04. The van der Waals surface area contributed by atoms with Crippen LogP contribution in [0.1, 0.15) is 43.2 Å². The Balaban J connectivity index is 1.90. The molecule has 1 aliphatic rings. The minimum Gasteiger partial charge on any atom is -0.478 e. The van der Waals surface area contributed by atoms with Gasteiger partial charge in [-0.25, -0.2) is 13.1 Å². The minimum absolute atomic E-state index is 0.0594. The van der Waals surface area contributed by atoms with Crippen molar-refractivity contribution in [2.24, 2.45) is 5.92 Å². The average molecular weight is 455 g/mol. The Labute approximate surface area is 179 Å². The summed E-state index contributed by atoms with van der Waals surface area (Å²) in [6.45, 7) is 7.69. The van der Waals surface area contributed by atoms with Gasteiger partial charge in [-0.1, -0.05) is 32.4 Å². The Hall–Kier alpha value is -2.59. The lowest BCUT2D eigenvalue weighted by Crippen LogP contribution is -2.40. The highest BCUT2D eigenvalue weighted by Crippen LogP contribution is 2.35. The van der Waals surface area contributed by atoms with Crippen LogP contribution in [0.25, 0.3) is 0 Å². The zero-order valence-corrected chi connectivity index (χ0v) is 18.6. The van der Waals surface area contributed by atoms with Crippen molar-refractivity contribution in [2.75, 3.05) is 5.32 Å². The van der Waals surface area contributed by atoms with E-state index in [4.69, 9.17) is 16.3 Å². The predicted molar refractivity (Wildman–Crippen MR) is 111 cm³/mol. The first kappa shape index (κ1) is 22.1. The minimum atomic E-state index is -4.24. The number of hydrogen-bond acceptors (Lipinski definition) is 6. The Kier molecular flexibility index (Phi) is 6.09. The summed E-state index contributed by atoms with van der Waals surface area (Å²) in [5.41, 5.74) is 0.539. The van der Waals surface area contributed by atoms with Gasteiger partial charge in [0, 0.05) is 18.8 Å². The number of carbonyl (C=O) groups is 2. The van der Waals surface area contributed by atoms with E-state index in [1.807, 2.05) is 25.5 Å². The van der Waals surface area contributed by atoms with Crippen LogP contribution in [0.4, 0.5) is 5.69 Å². The number of amides is 2. The Morgan fingerprint density at radius 1 is 1.40 bits per heavy atom. The summed E-state index contributed by atoms with van der Waals surface area (Å²) in [4.78, 5) is 24.5. The normalized spacial score (nSPS) is 16.1. The van der Waals surface area contributed by atoms with E-state index >= 15 is 0 Å². The highest BCUT2D eigenvalue weighted by atomic mass is 35.5. The van der Waals surface area contributed by atoms with Crippen molar-refractivity contribution < 1.29 is 22.7 Å². The summed E-state index contributed by atoms with van der Waals surface area (Å²) < 4.78 is 35.0. The van der Waals surface area contributed by atoms with Crippen molar-refractivity contribution in [3.8, 4) is 5.75 Å². The number of carbonyl (C=O) groups excluding carboxylic acids is 2. The number of aryl methyl sites for hydroxylation is 2. The van der Waals surface area contributed by atoms with Gasteiger partial charge in [0.1, 0.15) is 5.75 Å². The molecule has 1 aromatic carbocycles. The van der Waals surface area contributed by atoms with Gasteiger partial charge in [-0.2, -0.15) is 5.10 Å². The summed E-state index contributed by atoms with van der Waals surface area (Å²) in [6, 6.07) is 2.79. The van der Waals surface area contributed by atoms with Crippen molar-refractivity contribution >= 4 is 39.1 Å². The van der Waals surface area contributed by atoms with Gasteiger partial charge in [0.2, 0.25) is 0 Å². The number of nitrogens with one attached hydrogen (secondary N) is 2. The van der Waals surface area contributed by atoms with Crippen LogP contribution in [-0.4, -0.2) is 36.1 Å². The van der Waals surface area contributed by atoms with E-state index in [1.54, 1.807) is 6.92 Å². The van der Waals surface area contributed by atoms with E-state index < -0.39 is 22.0 Å². The molecule has 2 aromatic rings. The first-order chi connectivity index (χ1) is 14.0. The third kappa shape index (κ3) is 4.29. The molecule has 2 heterocycles. The van der Waals surface area contributed by atoms with Gasteiger partial charge >= 0.3 is 0 Å². The molecule has 0 unspecified atom stereocenters. The number of anilines is 1. The third-order valence-electron chi connectivity index (χ3n) is 4.55. The molecule has 30 heavy (non-hydrogen) atoms. The van der Waals surface area contributed by atoms with Crippen LogP contribution < -0.4 is 14.8 Å². The van der Waals surface area contributed by atoms with E-state index in [-0.39, 0.29) is 33.2 Å². The van der Waals surface area contributed by atoms with E-state index in [2.05, 4.69) is 10.4 Å². The molecule has 1 atom stereocenters. The molecule has 0 aliphatic carbocycles. The maximum absolute atomic E-state index is 12.9. The van der Waals surface area contributed by atoms with Crippen LogP contribution in [0.15, 0.2) is 23.2 Å². The Morgan fingerprint density at radius 2 is 2.10 bits per heavy atom. The van der Waals surface area contributed by atoms with E-state index in [1.165, 1.54) is 23.0 Å². The second-order valence-corrected chi connectivity index (χ2v) is 9.47. The van der Waals surface area contributed by atoms with Crippen LogP contribution in [0.5, 0.6) is 5.75 Å². The molecule has 0 bridgehead atoms. The van der Waals surface area contributed by atoms with Crippen molar-refractivity contribution in [2.45, 2.75) is 51.7 Å². The highest BCUT2D eigenvalue weighted by molar-refractivity contribution is 7.90. The quantitative estimate of drug-likeness (QED) is 0.692. The highest BCUT2D eigenvalue weighted by Gasteiger charge is 2.32. The molecule has 0 radical (unpaired) electrons. The van der Waals surface area contributed by atoms with Gasteiger partial charge < -0.3 is 10.1 Å². The molecule has 0 fully saturated rings. The number of hydrogen-bond donors (Lipinski definition) is 2. The Morgan fingerprint density at radius 3 is 2.73 bits per heavy atom. The monoisotopic (exact) mass is 454 g/mol. The summed E-state index contributed by atoms with van der Waals surface area (Å²) in [5, 5.41) is 6.83. The molecule has 0 spiro atoms. The van der Waals surface area contributed by atoms with Crippen molar-refractivity contribution in [3.05, 3.63) is 34.6 Å². The maximum Gasteiger partial charge on any atom is 0.287 e. The van der Waals surface area contributed by atoms with Crippen molar-refractivity contribution in [1.29, 1.82) is 0 Å². The van der Waals surface area contributed by atoms with Gasteiger partial charge in [0.25, 0.3) is 21.8 Å². The van der Waals surface area contributed by atoms with Crippen molar-refractivity contribution in [3.63, 3.8) is 0 Å². The van der Waals surface area contributed by atoms with Crippen molar-refractivity contribution in [1.82, 2.24) is 14.5 Å². The van der Waals surface area contributed by atoms with Crippen LogP contribution in [0.2, 0.25) is 5.02 Å².